The van der Waals surface area contributed by atoms with Crippen molar-refractivity contribution >= 4 is 6.09 Å². The summed E-state index contributed by atoms with van der Waals surface area (Å²) in [6.07, 6.45) is 5.59. The van der Waals surface area contributed by atoms with Gasteiger partial charge in [0.15, 0.2) is 0 Å². The third kappa shape index (κ3) is 2.12. The fourth-order valence-corrected chi connectivity index (χ4v) is 1.16. The third-order valence-electron chi connectivity index (χ3n) is 1.95. The average molecular weight is 167 g/mol. The maximum atomic E-state index is 10.4. The van der Waals surface area contributed by atoms with Crippen LogP contribution in [0.25, 0.3) is 0 Å². The molecule has 0 radical (unpaired) electrons. The molecule has 3 nitrogen and oxygen atoms in total. The molecule has 0 saturated carbocycles. The molecule has 0 fully saturated rings. The number of carboxylic acid groups (broad SMARTS) is 1. The molecule has 0 bridgehead atoms. The van der Waals surface area contributed by atoms with E-state index in [1.165, 1.54) is 5.57 Å². The molecule has 0 aliphatic heterocycles. The summed E-state index contributed by atoms with van der Waals surface area (Å²) in [7, 11) is 0. The second-order valence-electron chi connectivity index (χ2n) is 3.33. The van der Waals surface area contributed by atoms with Crippen molar-refractivity contribution in [2.45, 2.75) is 25.8 Å². The SMILES string of the molecule is CC1=CCC(C)(NC(=O)O)C=C1. The van der Waals surface area contributed by atoms with Gasteiger partial charge in [0.1, 0.15) is 0 Å². The lowest BCUT2D eigenvalue weighted by molar-refractivity contribution is 0.185. The Kier molecular flexibility index (Phi) is 2.22. The Labute approximate surface area is 71.8 Å². The highest BCUT2D eigenvalue weighted by Crippen LogP contribution is 2.19. The molecule has 1 atom stereocenters. The Morgan fingerprint density at radius 3 is 2.83 bits per heavy atom. The van der Waals surface area contributed by atoms with E-state index in [2.05, 4.69) is 5.32 Å². The van der Waals surface area contributed by atoms with Gasteiger partial charge in [-0.2, -0.15) is 0 Å². The molecule has 2 N–H and O–H groups in total. The fourth-order valence-electron chi connectivity index (χ4n) is 1.16. The second-order valence-corrected chi connectivity index (χ2v) is 3.33. The van der Waals surface area contributed by atoms with E-state index in [-0.39, 0.29) is 0 Å². The van der Waals surface area contributed by atoms with Crippen molar-refractivity contribution in [3.8, 4) is 0 Å². The number of hydrogen-bond acceptors (Lipinski definition) is 1. The van der Waals surface area contributed by atoms with Crippen LogP contribution in [0.15, 0.2) is 23.8 Å². The molecular weight excluding hydrogens is 154 g/mol. The van der Waals surface area contributed by atoms with Crippen molar-refractivity contribution in [2.75, 3.05) is 0 Å². The molecule has 1 rings (SSSR count). The number of allylic oxidation sites excluding steroid dienone is 2. The molecule has 0 spiro atoms. The Bertz CT molecular complexity index is 255. The zero-order valence-electron chi connectivity index (χ0n) is 7.29. The van der Waals surface area contributed by atoms with Gasteiger partial charge in [-0.15, -0.1) is 0 Å². The maximum Gasteiger partial charge on any atom is 0.405 e. The minimum absolute atomic E-state index is 0.425. The van der Waals surface area contributed by atoms with Crippen LogP contribution in [0.1, 0.15) is 20.3 Å². The van der Waals surface area contributed by atoms with E-state index < -0.39 is 11.6 Å². The molecule has 1 unspecified atom stereocenters. The summed E-state index contributed by atoms with van der Waals surface area (Å²) >= 11 is 0. The summed E-state index contributed by atoms with van der Waals surface area (Å²) in [6, 6.07) is 0. The van der Waals surface area contributed by atoms with Crippen LogP contribution in [0.2, 0.25) is 0 Å². The van der Waals surface area contributed by atoms with Crippen LogP contribution in [0.4, 0.5) is 4.79 Å². The lowest BCUT2D eigenvalue weighted by atomic mass is 9.91. The first-order valence-corrected chi connectivity index (χ1v) is 3.89. The topological polar surface area (TPSA) is 49.3 Å². The summed E-state index contributed by atoms with van der Waals surface area (Å²) < 4.78 is 0. The molecule has 0 aromatic heterocycles. The monoisotopic (exact) mass is 167 g/mol. The van der Waals surface area contributed by atoms with E-state index in [4.69, 9.17) is 5.11 Å². The average Bonchev–Trinajstić information content (AvgIpc) is 1.94. The Morgan fingerprint density at radius 1 is 1.75 bits per heavy atom. The highest BCUT2D eigenvalue weighted by molar-refractivity contribution is 5.66. The van der Waals surface area contributed by atoms with Crippen molar-refractivity contribution in [3.05, 3.63) is 23.8 Å². The van der Waals surface area contributed by atoms with E-state index in [1.54, 1.807) is 0 Å². The van der Waals surface area contributed by atoms with Crippen molar-refractivity contribution in [3.63, 3.8) is 0 Å². The zero-order valence-corrected chi connectivity index (χ0v) is 7.29. The quantitative estimate of drug-likeness (QED) is 0.626. The molecule has 0 heterocycles. The third-order valence-corrected chi connectivity index (χ3v) is 1.95. The van der Waals surface area contributed by atoms with Crippen molar-refractivity contribution < 1.29 is 9.90 Å². The largest absolute Gasteiger partial charge is 0.465 e. The normalized spacial score (nSPS) is 28.0. The van der Waals surface area contributed by atoms with E-state index in [0.717, 1.165) is 6.42 Å². The molecule has 1 amide bonds. The van der Waals surface area contributed by atoms with E-state index in [1.807, 2.05) is 32.1 Å². The van der Waals surface area contributed by atoms with Crippen molar-refractivity contribution in [2.24, 2.45) is 0 Å². The number of rotatable bonds is 1. The van der Waals surface area contributed by atoms with E-state index in [9.17, 15) is 4.79 Å². The summed E-state index contributed by atoms with van der Waals surface area (Å²) in [5.74, 6) is 0. The minimum Gasteiger partial charge on any atom is -0.465 e. The zero-order chi connectivity index (χ0) is 9.19. The van der Waals surface area contributed by atoms with Crippen LogP contribution in [-0.4, -0.2) is 16.7 Å². The molecule has 0 saturated heterocycles. The van der Waals surface area contributed by atoms with Crippen molar-refractivity contribution in [1.82, 2.24) is 5.32 Å². The molecule has 66 valence electrons. The Balaban J connectivity index is 2.65. The Hall–Kier alpha value is -1.25. The van der Waals surface area contributed by atoms with Gasteiger partial charge < -0.3 is 10.4 Å². The van der Waals surface area contributed by atoms with Gasteiger partial charge in [-0.1, -0.05) is 23.8 Å². The molecule has 0 aromatic rings. The number of amides is 1. The molecule has 12 heavy (non-hydrogen) atoms. The predicted octanol–water partition coefficient (Wildman–Crippen LogP) is 1.92. The van der Waals surface area contributed by atoms with Gasteiger partial charge in [-0.3, -0.25) is 0 Å². The molecule has 1 aliphatic rings. The smallest absolute Gasteiger partial charge is 0.405 e. The summed E-state index contributed by atoms with van der Waals surface area (Å²) in [5.41, 5.74) is 0.755. The second kappa shape index (κ2) is 3.01. The Morgan fingerprint density at radius 2 is 2.42 bits per heavy atom. The van der Waals surface area contributed by atoms with Crippen molar-refractivity contribution in [1.29, 1.82) is 0 Å². The van der Waals surface area contributed by atoms with Crippen LogP contribution < -0.4 is 5.32 Å². The van der Waals surface area contributed by atoms with Gasteiger partial charge in [0.25, 0.3) is 0 Å². The van der Waals surface area contributed by atoms with Gasteiger partial charge in [0, 0.05) is 0 Å². The summed E-state index contributed by atoms with van der Waals surface area (Å²) in [4.78, 5) is 10.4. The van der Waals surface area contributed by atoms with Crippen LogP contribution in [0, 0.1) is 0 Å². The standard InChI is InChI=1S/C9H13NO2/c1-7-3-5-9(2,6-4-7)10-8(11)12/h3-5,10H,6H2,1-2H3,(H,11,12). The maximum absolute atomic E-state index is 10.4. The van der Waals surface area contributed by atoms with Crippen LogP contribution in [0.5, 0.6) is 0 Å². The first kappa shape index (κ1) is 8.84. The summed E-state index contributed by atoms with van der Waals surface area (Å²) in [6.45, 7) is 3.86. The number of nitrogens with one attached hydrogen (secondary N) is 1. The molecule has 1 aliphatic carbocycles. The van der Waals surface area contributed by atoms with Gasteiger partial charge in [0.2, 0.25) is 0 Å². The van der Waals surface area contributed by atoms with Crippen LogP contribution >= 0.6 is 0 Å². The molecule has 3 heteroatoms. The lowest BCUT2D eigenvalue weighted by Crippen LogP contribution is -2.44. The molecule has 0 aromatic carbocycles. The fraction of sp³-hybridized carbons (Fsp3) is 0.444. The lowest BCUT2D eigenvalue weighted by Gasteiger charge is -2.27. The molecular formula is C9H13NO2. The number of hydrogen-bond donors (Lipinski definition) is 2. The minimum atomic E-state index is -0.977. The van der Waals surface area contributed by atoms with Gasteiger partial charge in [-0.05, 0) is 20.3 Å². The van der Waals surface area contributed by atoms with Crippen LogP contribution in [0.3, 0.4) is 0 Å². The highest BCUT2D eigenvalue weighted by atomic mass is 16.4. The number of carbonyl (C=O) groups is 1. The van der Waals surface area contributed by atoms with Crippen LogP contribution in [-0.2, 0) is 0 Å². The van der Waals surface area contributed by atoms with E-state index >= 15 is 0 Å². The van der Waals surface area contributed by atoms with Gasteiger partial charge in [-0.25, -0.2) is 4.79 Å². The first-order valence-electron chi connectivity index (χ1n) is 3.89. The summed E-state index contributed by atoms with van der Waals surface area (Å²) in [5, 5.41) is 11.0. The predicted molar refractivity (Wildman–Crippen MR) is 47.1 cm³/mol. The van der Waals surface area contributed by atoms with Gasteiger partial charge in [0.05, 0.1) is 5.54 Å². The van der Waals surface area contributed by atoms with E-state index in [0.29, 0.717) is 0 Å². The van der Waals surface area contributed by atoms with Gasteiger partial charge >= 0.3 is 6.09 Å². The highest BCUT2D eigenvalue weighted by Gasteiger charge is 2.23. The first-order chi connectivity index (χ1) is 5.52.